The van der Waals surface area contributed by atoms with E-state index in [1.165, 1.54) is 12.8 Å². The van der Waals surface area contributed by atoms with Crippen LogP contribution in [0, 0.1) is 12.8 Å². The molecule has 0 aliphatic heterocycles. The molecule has 1 aromatic heterocycles. The van der Waals surface area contributed by atoms with Crippen LogP contribution in [0.1, 0.15) is 28.8 Å². The maximum atomic E-state index is 12.3. The third kappa shape index (κ3) is 5.12. The predicted molar refractivity (Wildman–Crippen MR) is 97.6 cm³/mol. The van der Waals surface area contributed by atoms with Gasteiger partial charge in [0.2, 0.25) is 5.91 Å². The summed E-state index contributed by atoms with van der Waals surface area (Å²) in [6.45, 7) is 3.10. The Hall–Kier alpha value is -2.73. The largest absolute Gasteiger partial charge is 0.325 e. The molecule has 1 aliphatic carbocycles. The molecule has 25 heavy (non-hydrogen) atoms. The summed E-state index contributed by atoms with van der Waals surface area (Å²) in [5.41, 5.74) is 2.79. The van der Waals surface area contributed by atoms with Crippen molar-refractivity contribution in [3.05, 3.63) is 53.9 Å². The van der Waals surface area contributed by atoms with Gasteiger partial charge in [-0.25, -0.2) is 0 Å². The Kier molecular flexibility index (Phi) is 5.40. The van der Waals surface area contributed by atoms with E-state index >= 15 is 0 Å². The highest BCUT2D eigenvalue weighted by atomic mass is 16.2. The molecular weight excluding hydrogens is 316 g/mol. The van der Waals surface area contributed by atoms with E-state index in [-0.39, 0.29) is 11.8 Å². The lowest BCUT2D eigenvalue weighted by Gasteiger charge is -2.12. The van der Waals surface area contributed by atoms with Crippen molar-refractivity contribution in [1.29, 1.82) is 0 Å². The van der Waals surface area contributed by atoms with Crippen molar-refractivity contribution in [3.63, 3.8) is 0 Å². The van der Waals surface area contributed by atoms with E-state index in [0.717, 1.165) is 18.0 Å². The second-order valence-corrected chi connectivity index (χ2v) is 6.34. The molecule has 2 amide bonds. The van der Waals surface area contributed by atoms with Crippen LogP contribution in [-0.2, 0) is 4.79 Å². The number of pyridine rings is 1. The number of rotatable bonds is 7. The summed E-state index contributed by atoms with van der Waals surface area (Å²) >= 11 is 0. The van der Waals surface area contributed by atoms with Crippen LogP contribution in [0.4, 0.5) is 11.4 Å². The zero-order valence-electron chi connectivity index (χ0n) is 14.2. The van der Waals surface area contributed by atoms with E-state index < -0.39 is 0 Å². The third-order valence-electron chi connectivity index (χ3n) is 4.13. The number of hydrogen-bond acceptors (Lipinski definition) is 4. The lowest BCUT2D eigenvalue weighted by Crippen LogP contribution is -2.29. The van der Waals surface area contributed by atoms with Gasteiger partial charge < -0.3 is 16.0 Å². The molecule has 1 fully saturated rings. The first-order valence-electron chi connectivity index (χ1n) is 8.44. The zero-order valence-corrected chi connectivity index (χ0v) is 14.2. The monoisotopic (exact) mass is 338 g/mol. The van der Waals surface area contributed by atoms with Gasteiger partial charge in [-0.1, -0.05) is 6.07 Å². The first-order valence-corrected chi connectivity index (χ1v) is 8.44. The molecule has 2 aromatic rings. The molecule has 0 radical (unpaired) electrons. The number of nitrogens with one attached hydrogen (secondary N) is 3. The standard InChI is InChI=1S/C19H22N4O2/c1-13-2-5-16(22-18(24)12-21-11-14-3-4-14)10-17(13)23-19(25)15-6-8-20-9-7-15/h2,5-10,14,21H,3-4,11-12H2,1H3,(H,22,24)(H,23,25). The topological polar surface area (TPSA) is 83.1 Å². The number of anilines is 2. The number of aryl methyl sites for hydroxylation is 1. The molecule has 3 rings (SSSR count). The van der Waals surface area contributed by atoms with Gasteiger partial charge in [0, 0.05) is 29.3 Å². The van der Waals surface area contributed by atoms with Gasteiger partial charge in [-0.2, -0.15) is 0 Å². The SMILES string of the molecule is Cc1ccc(NC(=O)CNCC2CC2)cc1NC(=O)c1ccncc1. The summed E-state index contributed by atoms with van der Waals surface area (Å²) in [5.74, 6) is 0.443. The predicted octanol–water partition coefficient (Wildman–Crippen LogP) is 2.58. The maximum absolute atomic E-state index is 12.3. The van der Waals surface area contributed by atoms with Gasteiger partial charge in [0.05, 0.1) is 6.54 Å². The number of nitrogens with zero attached hydrogens (tertiary/aromatic N) is 1. The minimum absolute atomic E-state index is 0.0871. The number of carbonyl (C=O) groups is 2. The third-order valence-corrected chi connectivity index (χ3v) is 4.13. The highest BCUT2D eigenvalue weighted by molar-refractivity contribution is 6.05. The number of hydrogen-bond donors (Lipinski definition) is 3. The number of benzene rings is 1. The second-order valence-electron chi connectivity index (χ2n) is 6.34. The van der Waals surface area contributed by atoms with E-state index in [0.29, 0.717) is 23.5 Å². The summed E-state index contributed by atoms with van der Waals surface area (Å²) in [4.78, 5) is 28.2. The molecule has 1 aliphatic rings. The molecule has 1 aromatic carbocycles. The fraction of sp³-hybridized carbons (Fsp3) is 0.316. The summed E-state index contributed by atoms with van der Waals surface area (Å²) < 4.78 is 0. The number of carbonyl (C=O) groups excluding carboxylic acids is 2. The Morgan fingerprint density at radius 1 is 1.12 bits per heavy atom. The van der Waals surface area contributed by atoms with Crippen LogP contribution in [0.2, 0.25) is 0 Å². The Balaban J connectivity index is 1.59. The van der Waals surface area contributed by atoms with Crippen LogP contribution in [0.3, 0.4) is 0 Å². The van der Waals surface area contributed by atoms with Crippen molar-refractivity contribution >= 4 is 23.2 Å². The van der Waals surface area contributed by atoms with Crippen LogP contribution >= 0.6 is 0 Å². The van der Waals surface area contributed by atoms with E-state index in [9.17, 15) is 9.59 Å². The van der Waals surface area contributed by atoms with E-state index in [1.54, 1.807) is 30.6 Å². The van der Waals surface area contributed by atoms with Gasteiger partial charge in [-0.15, -0.1) is 0 Å². The van der Waals surface area contributed by atoms with Crippen LogP contribution in [0.15, 0.2) is 42.7 Å². The quantitative estimate of drug-likeness (QED) is 0.724. The minimum atomic E-state index is -0.208. The first-order chi connectivity index (χ1) is 12.1. The Bertz CT molecular complexity index is 757. The highest BCUT2D eigenvalue weighted by Gasteiger charge is 2.20. The molecular formula is C19H22N4O2. The highest BCUT2D eigenvalue weighted by Crippen LogP contribution is 2.27. The van der Waals surface area contributed by atoms with Crippen molar-refractivity contribution in [3.8, 4) is 0 Å². The van der Waals surface area contributed by atoms with Crippen LogP contribution < -0.4 is 16.0 Å². The van der Waals surface area contributed by atoms with Crippen LogP contribution in [-0.4, -0.2) is 29.9 Å². The average molecular weight is 338 g/mol. The maximum Gasteiger partial charge on any atom is 0.255 e. The molecule has 130 valence electrons. The van der Waals surface area contributed by atoms with Crippen molar-refractivity contribution in [1.82, 2.24) is 10.3 Å². The number of amides is 2. The molecule has 1 saturated carbocycles. The summed E-state index contributed by atoms with van der Waals surface area (Å²) in [5, 5.41) is 8.89. The zero-order chi connectivity index (χ0) is 17.6. The molecule has 0 bridgehead atoms. The molecule has 0 spiro atoms. The normalized spacial score (nSPS) is 13.3. The Morgan fingerprint density at radius 2 is 1.88 bits per heavy atom. The van der Waals surface area contributed by atoms with Crippen molar-refractivity contribution < 1.29 is 9.59 Å². The fourth-order valence-electron chi connectivity index (χ4n) is 2.45. The molecule has 6 heteroatoms. The average Bonchev–Trinajstić information content (AvgIpc) is 3.43. The lowest BCUT2D eigenvalue weighted by molar-refractivity contribution is -0.115. The van der Waals surface area contributed by atoms with Crippen molar-refractivity contribution in [2.45, 2.75) is 19.8 Å². The molecule has 0 unspecified atom stereocenters. The van der Waals surface area contributed by atoms with E-state index in [4.69, 9.17) is 0 Å². The molecule has 6 nitrogen and oxygen atoms in total. The van der Waals surface area contributed by atoms with Gasteiger partial charge >= 0.3 is 0 Å². The summed E-state index contributed by atoms with van der Waals surface area (Å²) in [7, 11) is 0. The molecule has 0 atom stereocenters. The second kappa shape index (κ2) is 7.90. The molecule has 3 N–H and O–H groups in total. The lowest BCUT2D eigenvalue weighted by atomic mass is 10.1. The summed E-state index contributed by atoms with van der Waals surface area (Å²) in [6, 6.07) is 8.78. The van der Waals surface area contributed by atoms with Crippen molar-refractivity contribution in [2.24, 2.45) is 5.92 Å². The Morgan fingerprint density at radius 3 is 2.60 bits per heavy atom. The van der Waals surface area contributed by atoms with Crippen LogP contribution in [0.25, 0.3) is 0 Å². The number of aromatic nitrogens is 1. The van der Waals surface area contributed by atoms with Crippen molar-refractivity contribution in [2.75, 3.05) is 23.7 Å². The van der Waals surface area contributed by atoms with Crippen LogP contribution in [0.5, 0.6) is 0 Å². The minimum Gasteiger partial charge on any atom is -0.325 e. The fourth-order valence-corrected chi connectivity index (χ4v) is 2.45. The summed E-state index contributed by atoms with van der Waals surface area (Å²) in [6.07, 6.45) is 5.67. The molecule has 0 saturated heterocycles. The van der Waals surface area contributed by atoms with Gasteiger partial charge in [0.15, 0.2) is 0 Å². The van der Waals surface area contributed by atoms with E-state index in [1.807, 2.05) is 19.1 Å². The smallest absolute Gasteiger partial charge is 0.255 e. The van der Waals surface area contributed by atoms with Gasteiger partial charge in [-0.05, 0) is 62.1 Å². The van der Waals surface area contributed by atoms with Gasteiger partial charge in [-0.3, -0.25) is 14.6 Å². The first kappa shape index (κ1) is 17.1. The molecule has 1 heterocycles. The van der Waals surface area contributed by atoms with Gasteiger partial charge in [0.1, 0.15) is 0 Å². The van der Waals surface area contributed by atoms with E-state index in [2.05, 4.69) is 20.9 Å². The Labute approximate surface area is 147 Å². The van der Waals surface area contributed by atoms with Gasteiger partial charge in [0.25, 0.3) is 5.91 Å².